The lowest BCUT2D eigenvalue weighted by atomic mass is 10.4. The van der Waals surface area contributed by atoms with Crippen molar-refractivity contribution in [2.75, 3.05) is 0 Å². The van der Waals surface area contributed by atoms with E-state index in [9.17, 15) is 0 Å². The molecule has 1 aliphatic rings. The van der Waals surface area contributed by atoms with Crippen molar-refractivity contribution in [2.24, 2.45) is 0 Å². The van der Waals surface area contributed by atoms with E-state index in [0.717, 1.165) is 5.19 Å². The van der Waals surface area contributed by atoms with Crippen LogP contribution in [0.4, 0.5) is 0 Å². The minimum absolute atomic E-state index is 0.0245. The van der Waals surface area contributed by atoms with Gasteiger partial charge in [-0.25, -0.2) is 0 Å². The second-order valence-corrected chi connectivity index (χ2v) is 10.7. The van der Waals surface area contributed by atoms with E-state index in [2.05, 4.69) is 0 Å². The Bertz CT molecular complexity index is 342. The van der Waals surface area contributed by atoms with Gasteiger partial charge in [-0.2, -0.15) is 0 Å². The third-order valence-electron chi connectivity index (χ3n) is 1.84. The van der Waals surface area contributed by atoms with Crippen LogP contribution in [0.2, 0.25) is 6.55 Å². The summed E-state index contributed by atoms with van der Waals surface area (Å²) >= 11 is 6.44. The van der Waals surface area contributed by atoms with Gasteiger partial charge in [0.1, 0.15) is 0 Å². The molecule has 1 unspecified atom stereocenters. The van der Waals surface area contributed by atoms with E-state index in [1.807, 2.05) is 36.9 Å². The molecule has 1 aromatic rings. The molecule has 1 heterocycles. The topological polar surface area (TPSA) is 36.9 Å². The minimum Gasteiger partial charge on any atom is -0.413 e. The molecule has 0 N–H and O–H groups in total. The SMILES string of the molecule is C[Si]1O[Si]O[Si]O[Si](Cl)(c2ccccc2)O1. The minimum atomic E-state index is -2.87. The smallest absolute Gasteiger partial charge is 0.413 e. The summed E-state index contributed by atoms with van der Waals surface area (Å²) in [5.41, 5.74) is 0. The zero-order valence-electron chi connectivity index (χ0n) is 8.40. The van der Waals surface area contributed by atoms with E-state index in [1.54, 1.807) is 0 Å². The molecule has 0 bridgehead atoms. The zero-order valence-corrected chi connectivity index (χ0v) is 13.2. The molecule has 0 saturated carbocycles. The highest BCUT2D eigenvalue weighted by Gasteiger charge is 2.42. The Kier molecular flexibility index (Phi) is 4.52. The second kappa shape index (κ2) is 5.71. The number of halogens is 1. The predicted octanol–water partition coefficient (Wildman–Crippen LogP) is 0.338. The average molecular weight is 304 g/mol. The van der Waals surface area contributed by atoms with Crippen molar-refractivity contribution in [2.45, 2.75) is 6.55 Å². The molecule has 1 aromatic carbocycles. The molecule has 0 aromatic heterocycles. The van der Waals surface area contributed by atoms with E-state index >= 15 is 0 Å². The molecule has 1 atom stereocenters. The molecule has 9 heteroatoms. The van der Waals surface area contributed by atoms with Crippen LogP contribution in [-0.4, -0.2) is 37.2 Å². The highest BCUT2D eigenvalue weighted by Crippen LogP contribution is 2.16. The Morgan fingerprint density at radius 2 is 2.00 bits per heavy atom. The summed E-state index contributed by atoms with van der Waals surface area (Å²) in [6.45, 7) is 1.88. The molecule has 83 valence electrons. The van der Waals surface area contributed by atoms with Crippen LogP contribution in [-0.2, 0) is 16.5 Å². The van der Waals surface area contributed by atoms with Crippen LogP contribution >= 0.6 is 11.1 Å². The maximum Gasteiger partial charge on any atom is 0.460 e. The van der Waals surface area contributed by atoms with Crippen LogP contribution in [0.5, 0.6) is 0 Å². The first kappa shape index (κ1) is 12.7. The Morgan fingerprint density at radius 3 is 2.75 bits per heavy atom. The first-order valence-corrected chi connectivity index (χ1v) is 10.8. The second-order valence-electron chi connectivity index (χ2n) is 2.97. The van der Waals surface area contributed by atoms with Gasteiger partial charge in [-0.15, -0.1) is 0 Å². The van der Waals surface area contributed by atoms with Gasteiger partial charge in [0.15, 0.2) is 0 Å². The summed E-state index contributed by atoms with van der Waals surface area (Å²) in [6, 6.07) is 9.56. The number of benzene rings is 1. The van der Waals surface area contributed by atoms with Gasteiger partial charge in [0.25, 0.3) is 0 Å². The fourth-order valence-corrected chi connectivity index (χ4v) is 9.01. The highest BCUT2D eigenvalue weighted by atomic mass is 35.6. The number of rotatable bonds is 1. The van der Waals surface area contributed by atoms with Crippen molar-refractivity contribution in [3.8, 4) is 0 Å². The van der Waals surface area contributed by atoms with E-state index in [1.165, 1.54) is 0 Å². The van der Waals surface area contributed by atoms with Crippen LogP contribution < -0.4 is 5.19 Å². The van der Waals surface area contributed by atoms with Gasteiger partial charge < -0.3 is 16.5 Å². The molecule has 0 amide bonds. The molecule has 2 rings (SSSR count). The molecule has 0 spiro atoms. The van der Waals surface area contributed by atoms with Gasteiger partial charge in [0.2, 0.25) is 0 Å². The fraction of sp³-hybridized carbons (Fsp3) is 0.143. The quantitative estimate of drug-likeness (QED) is 0.554. The lowest BCUT2D eigenvalue weighted by Gasteiger charge is -2.28. The number of hydrogen-bond acceptors (Lipinski definition) is 4. The van der Waals surface area contributed by atoms with Crippen LogP contribution in [0.15, 0.2) is 30.3 Å². The highest BCUT2D eigenvalue weighted by molar-refractivity contribution is 7.22. The monoisotopic (exact) mass is 303 g/mol. The third-order valence-corrected chi connectivity index (χ3v) is 10.6. The lowest BCUT2D eigenvalue weighted by Crippen LogP contribution is -2.54. The maximum absolute atomic E-state index is 6.44. The van der Waals surface area contributed by atoms with Crippen molar-refractivity contribution in [3.05, 3.63) is 30.3 Å². The van der Waals surface area contributed by atoms with Crippen molar-refractivity contribution in [1.82, 2.24) is 0 Å². The molecule has 5 radical (unpaired) electrons. The van der Waals surface area contributed by atoms with Crippen LogP contribution in [0.1, 0.15) is 0 Å². The molecule has 1 saturated heterocycles. The third kappa shape index (κ3) is 3.12. The van der Waals surface area contributed by atoms with Gasteiger partial charge >= 0.3 is 37.2 Å². The summed E-state index contributed by atoms with van der Waals surface area (Å²) in [4.78, 5) is 0. The fourth-order valence-electron chi connectivity index (χ4n) is 1.15. The normalized spacial score (nSPS) is 28.4. The summed E-state index contributed by atoms with van der Waals surface area (Å²) in [5, 5.41) is 0.881. The first-order chi connectivity index (χ1) is 7.71. The molecule has 0 aliphatic carbocycles. The summed E-state index contributed by atoms with van der Waals surface area (Å²) in [5.74, 6) is 0. The van der Waals surface area contributed by atoms with E-state index < -0.39 is 17.2 Å². The molecule has 1 fully saturated rings. The summed E-state index contributed by atoms with van der Waals surface area (Å²) in [7, 11) is -4.44. The van der Waals surface area contributed by atoms with Gasteiger partial charge in [-0.05, 0) is 6.55 Å². The van der Waals surface area contributed by atoms with Gasteiger partial charge in [0.05, 0.1) is 0 Å². The summed E-state index contributed by atoms with van der Waals surface area (Å²) in [6.07, 6.45) is 0. The van der Waals surface area contributed by atoms with Gasteiger partial charge in [0, 0.05) is 5.19 Å². The van der Waals surface area contributed by atoms with Crippen LogP contribution in [0, 0.1) is 0 Å². The average Bonchev–Trinajstić information content (AvgIpc) is 2.27. The zero-order chi connectivity index (χ0) is 11.4. The molecular weight excluding hydrogens is 296 g/mol. The van der Waals surface area contributed by atoms with Gasteiger partial charge in [-0.1, -0.05) is 41.4 Å². The maximum atomic E-state index is 6.44. The van der Waals surface area contributed by atoms with Crippen molar-refractivity contribution >= 4 is 53.4 Å². The Balaban J connectivity index is 2.20. The molecule has 4 nitrogen and oxygen atoms in total. The lowest BCUT2D eigenvalue weighted by molar-refractivity contribution is 0.317. The van der Waals surface area contributed by atoms with Gasteiger partial charge in [-0.3, -0.25) is 0 Å². The van der Waals surface area contributed by atoms with Crippen molar-refractivity contribution in [1.29, 1.82) is 0 Å². The Labute approximate surface area is 107 Å². The predicted molar refractivity (Wildman–Crippen MR) is 65.1 cm³/mol. The largest absolute Gasteiger partial charge is 0.460 e. The molecule has 16 heavy (non-hydrogen) atoms. The van der Waals surface area contributed by atoms with Crippen molar-refractivity contribution in [3.63, 3.8) is 0 Å². The van der Waals surface area contributed by atoms with E-state index in [4.69, 9.17) is 27.5 Å². The molecular formula is C7H8ClO4Si4. The summed E-state index contributed by atoms with van der Waals surface area (Å²) < 4.78 is 21.9. The molecule has 1 aliphatic heterocycles. The Morgan fingerprint density at radius 1 is 1.25 bits per heavy atom. The van der Waals surface area contributed by atoms with Crippen LogP contribution in [0.3, 0.4) is 0 Å². The van der Waals surface area contributed by atoms with E-state index in [-0.39, 0.29) is 20.0 Å². The standard InChI is InChI=1S/C7H8ClO4Si4/c1-15-10-13-9-14-11-16(8,12-15)7-5-3-2-4-6-7/h2-6H,1H3. The van der Waals surface area contributed by atoms with Crippen LogP contribution in [0.25, 0.3) is 0 Å². The van der Waals surface area contributed by atoms with Crippen molar-refractivity contribution < 1.29 is 16.5 Å². The van der Waals surface area contributed by atoms with E-state index in [0.29, 0.717) is 0 Å². The number of hydrogen-bond donors (Lipinski definition) is 0. The first-order valence-electron chi connectivity index (χ1n) is 4.48. The Hall–Kier alpha value is 0.218.